The number of ether oxygens (including phenoxy) is 1. The van der Waals surface area contributed by atoms with Gasteiger partial charge < -0.3 is 9.84 Å². The number of aromatic carboxylic acids is 1. The molecule has 0 aliphatic carbocycles. The molecular weight excluding hydrogens is 220 g/mol. The molecule has 1 rings (SSSR count). The number of aryl methyl sites for hydroxylation is 1. The number of carbonyl (C=O) groups excluding carboxylic acids is 1. The van der Waals surface area contributed by atoms with E-state index in [1.54, 1.807) is 37.3 Å². The van der Waals surface area contributed by atoms with Crippen molar-refractivity contribution in [3.63, 3.8) is 0 Å². The van der Waals surface area contributed by atoms with E-state index < -0.39 is 5.97 Å². The fourth-order valence-electron chi connectivity index (χ4n) is 1.35. The minimum Gasteiger partial charge on any atom is -0.478 e. The lowest BCUT2D eigenvalue weighted by Gasteiger charge is -2.01. The van der Waals surface area contributed by atoms with Crippen LogP contribution in [0.1, 0.15) is 27.9 Å². The predicted molar refractivity (Wildman–Crippen MR) is 63.8 cm³/mol. The molecule has 90 valence electrons. The van der Waals surface area contributed by atoms with Crippen molar-refractivity contribution in [3.8, 4) is 0 Å². The van der Waals surface area contributed by atoms with E-state index in [2.05, 4.69) is 4.74 Å². The summed E-state index contributed by atoms with van der Waals surface area (Å²) in [4.78, 5) is 21.8. The fraction of sp³-hybridized carbons (Fsp3) is 0.231. The quantitative estimate of drug-likeness (QED) is 0.812. The number of esters is 1. The number of hydrogen-bond acceptors (Lipinski definition) is 3. The number of carboxylic acid groups (broad SMARTS) is 1. The van der Waals surface area contributed by atoms with Gasteiger partial charge in [0.25, 0.3) is 0 Å². The maximum Gasteiger partial charge on any atom is 0.335 e. The van der Waals surface area contributed by atoms with Gasteiger partial charge in [-0.15, -0.1) is 0 Å². The maximum absolute atomic E-state index is 10.9. The van der Waals surface area contributed by atoms with Gasteiger partial charge in [-0.2, -0.15) is 0 Å². The van der Waals surface area contributed by atoms with Crippen LogP contribution in [0, 0.1) is 6.92 Å². The summed E-state index contributed by atoms with van der Waals surface area (Å²) >= 11 is 0. The third kappa shape index (κ3) is 3.75. The molecule has 4 heteroatoms. The van der Waals surface area contributed by atoms with Crippen LogP contribution in [0.25, 0.3) is 6.08 Å². The van der Waals surface area contributed by atoms with Crippen molar-refractivity contribution in [1.29, 1.82) is 0 Å². The molecule has 0 amide bonds. The predicted octanol–water partition coefficient (Wildman–Crippen LogP) is 2.27. The number of hydrogen-bond donors (Lipinski definition) is 1. The second kappa shape index (κ2) is 5.84. The van der Waals surface area contributed by atoms with Gasteiger partial charge in [0.2, 0.25) is 0 Å². The highest BCUT2D eigenvalue weighted by atomic mass is 16.5. The van der Waals surface area contributed by atoms with Crippen molar-refractivity contribution in [1.82, 2.24) is 0 Å². The van der Waals surface area contributed by atoms with E-state index in [4.69, 9.17) is 5.11 Å². The van der Waals surface area contributed by atoms with Crippen LogP contribution in [0.15, 0.2) is 24.3 Å². The number of carboxylic acids is 1. The molecule has 0 saturated carbocycles. The highest BCUT2D eigenvalue weighted by molar-refractivity contribution is 5.90. The third-order valence-electron chi connectivity index (χ3n) is 2.31. The molecule has 1 aromatic rings. The Bertz CT molecular complexity index is 460. The Hall–Kier alpha value is -2.10. The Kier molecular flexibility index (Phi) is 4.46. The van der Waals surface area contributed by atoms with Gasteiger partial charge in [0.15, 0.2) is 0 Å². The Morgan fingerprint density at radius 2 is 2.12 bits per heavy atom. The summed E-state index contributed by atoms with van der Waals surface area (Å²) in [6.07, 6.45) is 3.51. The molecule has 17 heavy (non-hydrogen) atoms. The Balaban J connectivity index is 2.82. The minimum atomic E-state index is -0.953. The van der Waals surface area contributed by atoms with E-state index in [-0.39, 0.29) is 18.0 Å². The molecule has 0 atom stereocenters. The molecule has 0 radical (unpaired) electrons. The highest BCUT2D eigenvalue weighted by Crippen LogP contribution is 2.12. The number of carbonyl (C=O) groups is 2. The summed E-state index contributed by atoms with van der Waals surface area (Å²) in [6, 6.07) is 5.11. The van der Waals surface area contributed by atoms with Gasteiger partial charge in [0.1, 0.15) is 0 Å². The largest absolute Gasteiger partial charge is 0.478 e. The first kappa shape index (κ1) is 13.0. The molecule has 4 nitrogen and oxygen atoms in total. The summed E-state index contributed by atoms with van der Waals surface area (Å²) < 4.78 is 4.48. The van der Waals surface area contributed by atoms with Crippen molar-refractivity contribution in [2.45, 2.75) is 13.3 Å². The summed E-state index contributed by atoms with van der Waals surface area (Å²) in [5.74, 6) is -1.28. The highest BCUT2D eigenvalue weighted by Gasteiger charge is 2.06. The average Bonchev–Trinajstić information content (AvgIpc) is 2.30. The van der Waals surface area contributed by atoms with E-state index in [1.165, 1.54) is 7.11 Å². The van der Waals surface area contributed by atoms with Gasteiger partial charge in [-0.05, 0) is 24.1 Å². The van der Waals surface area contributed by atoms with Crippen LogP contribution in [0.2, 0.25) is 0 Å². The van der Waals surface area contributed by atoms with Crippen molar-refractivity contribution in [3.05, 3.63) is 41.0 Å². The van der Waals surface area contributed by atoms with Crippen molar-refractivity contribution in [2.75, 3.05) is 7.11 Å². The lowest BCUT2D eigenvalue weighted by molar-refractivity contribution is -0.139. The molecule has 0 saturated heterocycles. The lowest BCUT2D eigenvalue weighted by Crippen LogP contribution is -1.99. The van der Waals surface area contributed by atoms with Crippen molar-refractivity contribution in [2.24, 2.45) is 0 Å². The van der Waals surface area contributed by atoms with Crippen LogP contribution in [0.3, 0.4) is 0 Å². The molecule has 0 aromatic heterocycles. The van der Waals surface area contributed by atoms with E-state index in [0.717, 1.165) is 5.56 Å². The van der Waals surface area contributed by atoms with Crippen molar-refractivity contribution < 1.29 is 19.4 Å². The number of methoxy groups -OCH3 is 1. The van der Waals surface area contributed by atoms with Gasteiger partial charge in [-0.25, -0.2) is 4.79 Å². The topological polar surface area (TPSA) is 63.6 Å². The molecule has 0 fully saturated rings. The van der Waals surface area contributed by atoms with Crippen LogP contribution < -0.4 is 0 Å². The molecule has 1 N–H and O–H groups in total. The van der Waals surface area contributed by atoms with Crippen LogP contribution in [-0.2, 0) is 9.53 Å². The fourth-order valence-corrected chi connectivity index (χ4v) is 1.35. The van der Waals surface area contributed by atoms with E-state index >= 15 is 0 Å². The van der Waals surface area contributed by atoms with Crippen LogP contribution in [-0.4, -0.2) is 24.2 Å². The zero-order valence-electron chi connectivity index (χ0n) is 9.77. The normalized spacial score (nSPS) is 10.5. The van der Waals surface area contributed by atoms with Crippen LogP contribution in [0.5, 0.6) is 0 Å². The third-order valence-corrected chi connectivity index (χ3v) is 2.31. The van der Waals surface area contributed by atoms with Crippen LogP contribution in [0.4, 0.5) is 0 Å². The Labute approximate surface area is 99.5 Å². The SMILES string of the molecule is COC(=O)CC=Cc1ccc(C)c(C(=O)O)c1. The first-order valence-electron chi connectivity index (χ1n) is 5.12. The Morgan fingerprint density at radius 3 is 2.71 bits per heavy atom. The van der Waals surface area contributed by atoms with Gasteiger partial charge in [-0.1, -0.05) is 24.3 Å². The zero-order valence-corrected chi connectivity index (χ0v) is 9.77. The molecule has 0 bridgehead atoms. The minimum absolute atomic E-state index is 0.173. The van der Waals surface area contributed by atoms with Crippen LogP contribution >= 0.6 is 0 Å². The lowest BCUT2D eigenvalue weighted by atomic mass is 10.0. The smallest absolute Gasteiger partial charge is 0.335 e. The zero-order chi connectivity index (χ0) is 12.8. The maximum atomic E-state index is 10.9. The van der Waals surface area contributed by atoms with Gasteiger partial charge in [0, 0.05) is 0 Å². The summed E-state index contributed by atoms with van der Waals surface area (Å²) in [7, 11) is 1.32. The summed E-state index contributed by atoms with van der Waals surface area (Å²) in [5.41, 5.74) is 1.73. The summed E-state index contributed by atoms with van der Waals surface area (Å²) in [5, 5.41) is 8.94. The molecule has 0 heterocycles. The molecule has 0 aliphatic rings. The van der Waals surface area contributed by atoms with Crippen molar-refractivity contribution >= 4 is 18.0 Å². The van der Waals surface area contributed by atoms with E-state index in [0.29, 0.717) is 5.56 Å². The number of benzene rings is 1. The Morgan fingerprint density at radius 1 is 1.41 bits per heavy atom. The molecule has 0 aliphatic heterocycles. The molecule has 0 unspecified atom stereocenters. The first-order valence-corrected chi connectivity index (χ1v) is 5.12. The standard InChI is InChI=1S/C13H14O4/c1-9-6-7-10(8-11(9)13(15)16)4-3-5-12(14)17-2/h3-4,6-8H,5H2,1-2H3,(H,15,16). The second-order valence-corrected chi connectivity index (χ2v) is 3.56. The van der Waals surface area contributed by atoms with Gasteiger partial charge in [-0.3, -0.25) is 4.79 Å². The average molecular weight is 234 g/mol. The molecule has 1 aromatic carbocycles. The van der Waals surface area contributed by atoms with E-state index in [1.807, 2.05) is 0 Å². The monoisotopic (exact) mass is 234 g/mol. The first-order chi connectivity index (χ1) is 8.04. The molecular formula is C13H14O4. The van der Waals surface area contributed by atoms with Gasteiger partial charge >= 0.3 is 11.9 Å². The van der Waals surface area contributed by atoms with Gasteiger partial charge in [0.05, 0.1) is 19.1 Å². The number of rotatable bonds is 4. The summed E-state index contributed by atoms with van der Waals surface area (Å²) in [6.45, 7) is 1.74. The van der Waals surface area contributed by atoms with E-state index in [9.17, 15) is 9.59 Å². The second-order valence-electron chi connectivity index (χ2n) is 3.56. The molecule has 0 spiro atoms.